The van der Waals surface area contributed by atoms with E-state index < -0.39 is 5.82 Å². The molecule has 0 atom stereocenters. The highest BCUT2D eigenvalue weighted by Crippen LogP contribution is 2.25. The lowest BCUT2D eigenvalue weighted by Gasteiger charge is -2.13. The molecule has 7 nitrogen and oxygen atoms in total. The van der Waals surface area contributed by atoms with E-state index in [0.29, 0.717) is 30.2 Å². The van der Waals surface area contributed by atoms with E-state index in [4.69, 9.17) is 0 Å². The number of fused-ring (bicyclic) bond motifs is 1. The van der Waals surface area contributed by atoms with Crippen LogP contribution in [0.3, 0.4) is 0 Å². The lowest BCUT2D eigenvalue weighted by Crippen LogP contribution is -2.35. The molecule has 0 aliphatic carbocycles. The Kier molecular flexibility index (Phi) is 3.23. The van der Waals surface area contributed by atoms with Gasteiger partial charge in [-0.1, -0.05) is 0 Å². The van der Waals surface area contributed by atoms with Crippen LogP contribution in [-0.4, -0.2) is 37.3 Å². The van der Waals surface area contributed by atoms with Gasteiger partial charge in [0.1, 0.15) is 23.0 Å². The van der Waals surface area contributed by atoms with Crippen molar-refractivity contribution in [2.24, 2.45) is 0 Å². The number of hydrogen-bond acceptors (Lipinski definition) is 5. The first-order valence-electron chi connectivity index (χ1n) is 7.30. The van der Waals surface area contributed by atoms with Crippen molar-refractivity contribution in [1.29, 1.82) is 0 Å². The summed E-state index contributed by atoms with van der Waals surface area (Å²) in [5.41, 5.74) is 1.65. The number of phenolic OH excluding ortho intramolecular Hbond substituents is 1. The zero-order chi connectivity index (χ0) is 16.7. The zero-order valence-electron chi connectivity index (χ0n) is 12.4. The van der Waals surface area contributed by atoms with Gasteiger partial charge >= 0.3 is 0 Å². The summed E-state index contributed by atoms with van der Waals surface area (Å²) in [6.07, 6.45) is 1.50. The Labute approximate surface area is 135 Å². The fourth-order valence-corrected chi connectivity index (χ4v) is 2.58. The number of nitrogens with zero attached hydrogens (tertiary/aromatic N) is 4. The maximum atomic E-state index is 14.0. The van der Waals surface area contributed by atoms with Crippen molar-refractivity contribution in [1.82, 2.24) is 25.1 Å². The lowest BCUT2D eigenvalue weighted by atomic mass is 10.2. The van der Waals surface area contributed by atoms with Crippen molar-refractivity contribution in [3.63, 3.8) is 0 Å². The number of aromatic hydroxyl groups is 1. The minimum Gasteiger partial charge on any atom is -0.508 e. The molecule has 0 fully saturated rings. The van der Waals surface area contributed by atoms with Crippen molar-refractivity contribution in [3.8, 4) is 28.5 Å². The van der Waals surface area contributed by atoms with Gasteiger partial charge in [0.05, 0.1) is 17.8 Å². The summed E-state index contributed by atoms with van der Waals surface area (Å²) >= 11 is 0. The Morgan fingerprint density at radius 2 is 2.08 bits per heavy atom. The zero-order valence-corrected chi connectivity index (χ0v) is 12.4. The standard InChI is InChI=1S/C16H12FN5O2/c17-11-7-9(23)1-2-10(11)15-18-4-3-12(20-15)13-8-14-16(24)19-5-6-22(14)21-13/h1-4,7-8,23H,5-6H2,(H,19,24). The fourth-order valence-electron chi connectivity index (χ4n) is 2.58. The first-order valence-corrected chi connectivity index (χ1v) is 7.30. The second kappa shape index (κ2) is 5.41. The van der Waals surface area contributed by atoms with Gasteiger partial charge < -0.3 is 10.4 Å². The van der Waals surface area contributed by atoms with E-state index in [9.17, 15) is 14.3 Å². The molecule has 0 radical (unpaired) electrons. The molecular weight excluding hydrogens is 313 g/mol. The molecule has 0 saturated carbocycles. The van der Waals surface area contributed by atoms with Gasteiger partial charge in [-0.15, -0.1) is 0 Å². The number of aromatic nitrogens is 4. The third-order valence-corrected chi connectivity index (χ3v) is 3.73. The normalized spacial score (nSPS) is 13.5. The maximum Gasteiger partial charge on any atom is 0.269 e. The molecule has 2 aromatic heterocycles. The van der Waals surface area contributed by atoms with Gasteiger partial charge in [-0.25, -0.2) is 14.4 Å². The van der Waals surface area contributed by atoms with Crippen molar-refractivity contribution < 1.29 is 14.3 Å². The minimum absolute atomic E-state index is 0.166. The van der Waals surface area contributed by atoms with Crippen LogP contribution in [0.4, 0.5) is 4.39 Å². The van der Waals surface area contributed by atoms with Gasteiger partial charge in [0.25, 0.3) is 5.91 Å². The summed E-state index contributed by atoms with van der Waals surface area (Å²) in [5.74, 6) is -0.782. The van der Waals surface area contributed by atoms with Crippen LogP contribution >= 0.6 is 0 Å². The topological polar surface area (TPSA) is 92.9 Å². The Hall–Kier alpha value is -3.29. The third kappa shape index (κ3) is 2.37. The first-order chi connectivity index (χ1) is 11.6. The van der Waals surface area contributed by atoms with E-state index in [1.54, 1.807) is 16.8 Å². The SMILES string of the molecule is O=C1NCCn2nc(-c3ccnc(-c4ccc(O)cc4F)n3)cc21. The van der Waals surface area contributed by atoms with Crippen molar-refractivity contribution in [3.05, 3.63) is 48.0 Å². The smallest absolute Gasteiger partial charge is 0.269 e. The van der Waals surface area contributed by atoms with Crippen LogP contribution in [0.1, 0.15) is 10.5 Å². The minimum atomic E-state index is -0.615. The van der Waals surface area contributed by atoms with Crippen LogP contribution in [-0.2, 0) is 6.54 Å². The molecule has 24 heavy (non-hydrogen) atoms. The number of halogens is 1. The number of carbonyl (C=O) groups is 1. The van der Waals surface area contributed by atoms with Gasteiger partial charge in [0.15, 0.2) is 5.82 Å². The van der Waals surface area contributed by atoms with Gasteiger partial charge in [-0.3, -0.25) is 9.48 Å². The number of phenols is 1. The fraction of sp³-hybridized carbons (Fsp3) is 0.125. The van der Waals surface area contributed by atoms with Crippen LogP contribution in [0.2, 0.25) is 0 Å². The molecule has 2 N–H and O–H groups in total. The first kappa shape index (κ1) is 14.3. The third-order valence-electron chi connectivity index (χ3n) is 3.73. The van der Waals surface area contributed by atoms with Crippen LogP contribution in [0.15, 0.2) is 36.5 Å². The number of carbonyl (C=O) groups excluding carboxylic acids is 1. The van der Waals surface area contributed by atoms with E-state index in [1.807, 2.05) is 0 Å². The van der Waals surface area contributed by atoms with Crippen LogP contribution in [0.25, 0.3) is 22.8 Å². The average Bonchev–Trinajstić information content (AvgIpc) is 3.01. The second-order valence-electron chi connectivity index (χ2n) is 5.32. The van der Waals surface area contributed by atoms with E-state index >= 15 is 0 Å². The Bertz CT molecular complexity index is 953. The number of hydrogen-bond donors (Lipinski definition) is 2. The highest BCUT2D eigenvalue weighted by Gasteiger charge is 2.20. The molecule has 1 aliphatic heterocycles. The summed E-state index contributed by atoms with van der Waals surface area (Å²) in [6.45, 7) is 1.12. The number of amides is 1. The summed E-state index contributed by atoms with van der Waals surface area (Å²) in [5, 5.41) is 16.4. The molecule has 4 rings (SSSR count). The lowest BCUT2D eigenvalue weighted by molar-refractivity contribution is 0.0924. The van der Waals surface area contributed by atoms with E-state index in [2.05, 4.69) is 20.4 Å². The van der Waals surface area contributed by atoms with Gasteiger partial charge in [0.2, 0.25) is 0 Å². The molecule has 120 valence electrons. The quantitative estimate of drug-likeness (QED) is 0.746. The van der Waals surface area contributed by atoms with Gasteiger partial charge in [0, 0.05) is 18.8 Å². The van der Waals surface area contributed by atoms with Gasteiger partial charge in [-0.05, 0) is 24.3 Å². The van der Waals surface area contributed by atoms with Crippen molar-refractivity contribution in [2.75, 3.05) is 6.54 Å². The van der Waals surface area contributed by atoms with E-state index in [-0.39, 0.29) is 23.0 Å². The van der Waals surface area contributed by atoms with Crippen LogP contribution in [0.5, 0.6) is 5.75 Å². The average molecular weight is 325 g/mol. The summed E-state index contributed by atoms with van der Waals surface area (Å²) < 4.78 is 15.6. The largest absolute Gasteiger partial charge is 0.508 e. The predicted molar refractivity (Wildman–Crippen MR) is 82.6 cm³/mol. The Morgan fingerprint density at radius 3 is 2.88 bits per heavy atom. The van der Waals surface area contributed by atoms with E-state index in [0.717, 1.165) is 6.07 Å². The second-order valence-corrected chi connectivity index (χ2v) is 5.32. The molecule has 1 aromatic carbocycles. The number of rotatable bonds is 2. The molecule has 1 aliphatic rings. The Balaban J connectivity index is 1.77. The molecule has 0 bridgehead atoms. The summed E-state index contributed by atoms with van der Waals surface area (Å²) in [6, 6.07) is 7.08. The highest BCUT2D eigenvalue weighted by atomic mass is 19.1. The van der Waals surface area contributed by atoms with Crippen molar-refractivity contribution in [2.45, 2.75) is 6.54 Å². The molecule has 3 aromatic rings. The maximum absolute atomic E-state index is 14.0. The van der Waals surface area contributed by atoms with Gasteiger partial charge in [-0.2, -0.15) is 5.10 Å². The number of benzene rings is 1. The molecule has 0 saturated heterocycles. The van der Waals surface area contributed by atoms with E-state index in [1.165, 1.54) is 18.3 Å². The molecule has 1 amide bonds. The molecule has 3 heterocycles. The van der Waals surface area contributed by atoms with Crippen LogP contribution in [0, 0.1) is 5.82 Å². The predicted octanol–water partition coefficient (Wildman–Crippen LogP) is 1.60. The summed E-state index contributed by atoms with van der Waals surface area (Å²) in [4.78, 5) is 20.2. The summed E-state index contributed by atoms with van der Waals surface area (Å²) in [7, 11) is 0. The Morgan fingerprint density at radius 1 is 1.21 bits per heavy atom. The highest BCUT2D eigenvalue weighted by molar-refractivity contribution is 5.94. The number of nitrogens with one attached hydrogen (secondary N) is 1. The molecular formula is C16H12FN5O2. The monoisotopic (exact) mass is 325 g/mol. The molecule has 8 heteroatoms. The van der Waals surface area contributed by atoms with Crippen molar-refractivity contribution >= 4 is 5.91 Å². The molecule has 0 unspecified atom stereocenters. The molecule has 0 spiro atoms. The van der Waals surface area contributed by atoms with Crippen LogP contribution < -0.4 is 5.32 Å².